The highest BCUT2D eigenvalue weighted by Gasteiger charge is 2.52. The molecule has 1 aliphatic rings. The lowest BCUT2D eigenvalue weighted by molar-refractivity contribution is -0.150. The molecule has 1 fully saturated rings. The van der Waals surface area contributed by atoms with Gasteiger partial charge in [-0.25, -0.2) is 9.59 Å². The lowest BCUT2D eigenvalue weighted by atomic mass is 9.82. The molecule has 1 N–H and O–H groups in total. The van der Waals surface area contributed by atoms with Gasteiger partial charge in [-0.2, -0.15) is 0 Å². The number of carbonyl (C=O) groups is 4. The second-order valence-electron chi connectivity index (χ2n) is 9.73. The number of hydrogen-bond donors (Lipinski definition) is 1. The normalized spacial score (nSPS) is 18.0. The first-order valence-corrected chi connectivity index (χ1v) is 13.5. The lowest BCUT2D eigenvalue weighted by Gasteiger charge is -2.25. The molecule has 0 spiro atoms. The number of esters is 1. The number of ketones is 1. The molecule has 9 nitrogen and oxygen atoms in total. The molecule has 9 heteroatoms. The monoisotopic (exact) mass is 559 g/mol. The summed E-state index contributed by atoms with van der Waals surface area (Å²) in [7, 11) is 0. The van der Waals surface area contributed by atoms with Crippen LogP contribution in [0.15, 0.2) is 84.9 Å². The molecule has 4 rings (SSSR count). The van der Waals surface area contributed by atoms with E-state index < -0.39 is 48.1 Å². The third-order valence-electron chi connectivity index (χ3n) is 6.99. The van der Waals surface area contributed by atoms with Crippen molar-refractivity contribution in [1.29, 1.82) is 0 Å². The standard InChI is InChI=1S/C32H33NO8/c1-2-39-31(37)29-26(19-28(34)35)27(20-33(29)32(38)41-21-23-12-7-4-8-13-23)30(36)24-14-9-15-25(18-24)40-17-16-22-10-5-3-6-11-22/h3-15,18,26-27,29H,2,16-17,19-21H2,1H3,(H,34,35)/t26-,27-,29-/m0/s1. The highest BCUT2D eigenvalue weighted by atomic mass is 16.6. The average molecular weight is 560 g/mol. The minimum atomic E-state index is -1.28. The number of aliphatic carboxylic acids is 1. The number of amides is 1. The van der Waals surface area contributed by atoms with Crippen molar-refractivity contribution in [2.45, 2.75) is 32.4 Å². The van der Waals surface area contributed by atoms with Crippen LogP contribution in [0.3, 0.4) is 0 Å². The molecule has 1 saturated heterocycles. The van der Waals surface area contributed by atoms with E-state index in [1.165, 1.54) is 0 Å². The van der Waals surface area contributed by atoms with E-state index >= 15 is 0 Å². The van der Waals surface area contributed by atoms with Crippen molar-refractivity contribution >= 4 is 23.8 Å². The van der Waals surface area contributed by atoms with Crippen molar-refractivity contribution in [2.24, 2.45) is 11.8 Å². The summed E-state index contributed by atoms with van der Waals surface area (Å²) in [6.07, 6.45) is -0.644. The van der Waals surface area contributed by atoms with Crippen molar-refractivity contribution < 1.29 is 38.5 Å². The van der Waals surface area contributed by atoms with Crippen LogP contribution in [0.5, 0.6) is 5.75 Å². The quantitative estimate of drug-likeness (QED) is 0.249. The summed E-state index contributed by atoms with van der Waals surface area (Å²) in [6, 6.07) is 24.2. The molecule has 3 aromatic carbocycles. The Labute approximate surface area is 238 Å². The van der Waals surface area contributed by atoms with Crippen molar-refractivity contribution in [1.82, 2.24) is 4.90 Å². The zero-order chi connectivity index (χ0) is 29.2. The maximum Gasteiger partial charge on any atom is 0.410 e. The Morgan fingerprint density at radius 3 is 2.22 bits per heavy atom. The van der Waals surface area contributed by atoms with Crippen LogP contribution in [-0.4, -0.2) is 59.6 Å². The fourth-order valence-electron chi connectivity index (χ4n) is 5.05. The molecule has 0 radical (unpaired) electrons. The smallest absolute Gasteiger partial charge is 0.410 e. The first-order chi connectivity index (χ1) is 19.9. The number of benzene rings is 3. The summed E-state index contributed by atoms with van der Waals surface area (Å²) >= 11 is 0. The predicted octanol–water partition coefficient (Wildman–Crippen LogP) is 4.78. The summed E-state index contributed by atoms with van der Waals surface area (Å²) in [5, 5.41) is 9.67. The number of hydrogen-bond acceptors (Lipinski definition) is 7. The highest BCUT2D eigenvalue weighted by molar-refractivity contribution is 6.00. The Bertz CT molecular complexity index is 1340. The second kappa shape index (κ2) is 14.1. The topological polar surface area (TPSA) is 119 Å². The summed E-state index contributed by atoms with van der Waals surface area (Å²) in [5.41, 5.74) is 2.16. The number of carboxylic acids is 1. The molecule has 1 aliphatic heterocycles. The van der Waals surface area contributed by atoms with Gasteiger partial charge in [0.25, 0.3) is 0 Å². The Morgan fingerprint density at radius 2 is 1.56 bits per heavy atom. The lowest BCUT2D eigenvalue weighted by Crippen LogP contribution is -2.45. The Hall–Kier alpha value is -4.66. The van der Waals surface area contributed by atoms with Crippen LogP contribution < -0.4 is 4.74 Å². The van der Waals surface area contributed by atoms with Gasteiger partial charge in [0.15, 0.2) is 5.78 Å². The van der Waals surface area contributed by atoms with E-state index in [1.807, 2.05) is 36.4 Å². The molecule has 3 aromatic rings. The van der Waals surface area contributed by atoms with E-state index in [2.05, 4.69) is 0 Å². The van der Waals surface area contributed by atoms with Gasteiger partial charge in [-0.3, -0.25) is 14.5 Å². The fraction of sp³-hybridized carbons (Fsp3) is 0.312. The average Bonchev–Trinajstić information content (AvgIpc) is 3.35. The van der Waals surface area contributed by atoms with Crippen molar-refractivity contribution in [3.8, 4) is 5.75 Å². The molecular weight excluding hydrogens is 526 g/mol. The zero-order valence-corrected chi connectivity index (χ0v) is 22.8. The van der Waals surface area contributed by atoms with Crippen molar-refractivity contribution in [3.05, 3.63) is 102 Å². The molecule has 0 saturated carbocycles. The van der Waals surface area contributed by atoms with E-state index in [1.54, 1.807) is 55.5 Å². The maximum atomic E-state index is 13.8. The van der Waals surface area contributed by atoms with Gasteiger partial charge < -0.3 is 19.3 Å². The van der Waals surface area contributed by atoms with E-state index in [4.69, 9.17) is 14.2 Å². The number of carboxylic acid groups (broad SMARTS) is 1. The number of rotatable bonds is 12. The van der Waals surface area contributed by atoms with Gasteiger partial charge in [-0.1, -0.05) is 72.8 Å². The third kappa shape index (κ3) is 7.72. The first-order valence-electron chi connectivity index (χ1n) is 13.5. The molecule has 214 valence electrons. The molecular formula is C32H33NO8. The van der Waals surface area contributed by atoms with E-state index in [9.17, 15) is 24.3 Å². The second-order valence-corrected chi connectivity index (χ2v) is 9.73. The van der Waals surface area contributed by atoms with Crippen LogP contribution in [0.4, 0.5) is 4.79 Å². The molecule has 41 heavy (non-hydrogen) atoms. The van der Waals surface area contributed by atoms with Gasteiger partial charge in [0.2, 0.25) is 0 Å². The number of Topliss-reactive ketones (excluding diaryl/α,β-unsaturated/α-hetero) is 1. The van der Waals surface area contributed by atoms with E-state index in [0.717, 1.165) is 16.0 Å². The maximum absolute atomic E-state index is 13.8. The number of nitrogens with zero attached hydrogens (tertiary/aromatic N) is 1. The highest BCUT2D eigenvalue weighted by Crippen LogP contribution is 2.37. The van der Waals surface area contributed by atoms with Gasteiger partial charge in [-0.05, 0) is 30.2 Å². The summed E-state index contributed by atoms with van der Waals surface area (Å²) in [4.78, 5) is 53.0. The van der Waals surface area contributed by atoms with Crippen LogP contribution in [0.2, 0.25) is 0 Å². The molecule has 0 unspecified atom stereocenters. The zero-order valence-electron chi connectivity index (χ0n) is 22.8. The van der Waals surface area contributed by atoms with Crippen LogP contribution in [0.1, 0.15) is 34.8 Å². The Morgan fingerprint density at radius 1 is 0.878 bits per heavy atom. The molecule has 1 amide bonds. The Kier molecular flexibility index (Phi) is 10.1. The van der Waals surface area contributed by atoms with E-state index in [-0.39, 0.29) is 19.8 Å². The van der Waals surface area contributed by atoms with Crippen LogP contribution in [-0.2, 0) is 32.1 Å². The first kappa shape index (κ1) is 29.3. The summed E-state index contributed by atoms with van der Waals surface area (Å²) in [6.45, 7) is 1.81. The van der Waals surface area contributed by atoms with Gasteiger partial charge in [0, 0.05) is 30.4 Å². The van der Waals surface area contributed by atoms with E-state index in [0.29, 0.717) is 24.3 Å². The minimum Gasteiger partial charge on any atom is -0.493 e. The number of likely N-dealkylation sites (tertiary alicyclic amines) is 1. The largest absolute Gasteiger partial charge is 0.493 e. The van der Waals surface area contributed by atoms with Crippen LogP contribution in [0, 0.1) is 11.8 Å². The van der Waals surface area contributed by atoms with Gasteiger partial charge in [0.1, 0.15) is 18.4 Å². The van der Waals surface area contributed by atoms with Crippen LogP contribution in [0.25, 0.3) is 0 Å². The molecule has 0 bridgehead atoms. The molecule has 3 atom stereocenters. The minimum absolute atomic E-state index is 0.0308. The van der Waals surface area contributed by atoms with Gasteiger partial charge in [-0.15, -0.1) is 0 Å². The SMILES string of the molecule is CCOC(=O)[C@@H]1[C@@H](CC(=O)O)[C@@H](C(=O)c2cccc(OCCc3ccccc3)c2)CN1C(=O)OCc1ccccc1. The van der Waals surface area contributed by atoms with Gasteiger partial charge in [0.05, 0.1) is 19.6 Å². The fourth-order valence-corrected chi connectivity index (χ4v) is 5.05. The van der Waals surface area contributed by atoms with Crippen molar-refractivity contribution in [3.63, 3.8) is 0 Å². The molecule has 1 heterocycles. The number of carbonyl (C=O) groups excluding carboxylic acids is 3. The summed E-state index contributed by atoms with van der Waals surface area (Å²) < 4.78 is 16.5. The molecule has 0 aromatic heterocycles. The third-order valence-corrected chi connectivity index (χ3v) is 6.99. The Balaban J connectivity index is 1.53. The van der Waals surface area contributed by atoms with Crippen molar-refractivity contribution in [2.75, 3.05) is 19.8 Å². The molecule has 0 aliphatic carbocycles. The predicted molar refractivity (Wildman–Crippen MR) is 149 cm³/mol. The number of ether oxygens (including phenoxy) is 3. The summed E-state index contributed by atoms with van der Waals surface area (Å²) in [5.74, 6) is -3.85. The van der Waals surface area contributed by atoms with Gasteiger partial charge >= 0.3 is 18.0 Å². The van der Waals surface area contributed by atoms with Crippen LogP contribution >= 0.6 is 0 Å².